The highest BCUT2D eigenvalue weighted by Crippen LogP contribution is 1.91. The van der Waals surface area contributed by atoms with Gasteiger partial charge in [-0.05, 0) is 6.42 Å². The lowest BCUT2D eigenvalue weighted by atomic mass is 10.3. The molecule has 0 aliphatic heterocycles. The van der Waals surface area contributed by atoms with Gasteiger partial charge in [-0.2, -0.15) is 0 Å². The minimum Gasteiger partial charge on any atom is -1.00 e. The Labute approximate surface area is 112 Å². The van der Waals surface area contributed by atoms with Crippen LogP contribution in [-0.4, -0.2) is 4.57 Å². The number of aromatic nitrogens is 2. The molecule has 0 saturated heterocycles. The van der Waals surface area contributed by atoms with Crippen molar-refractivity contribution >= 4 is 34.0 Å². The summed E-state index contributed by atoms with van der Waals surface area (Å²) in [6.45, 7) is 3.36. The summed E-state index contributed by atoms with van der Waals surface area (Å²) in [5.41, 5.74) is 0. The number of halogens is 3. The van der Waals surface area contributed by atoms with E-state index >= 15 is 0 Å². The van der Waals surface area contributed by atoms with E-state index in [1.165, 1.54) is 12.8 Å². The summed E-state index contributed by atoms with van der Waals surface area (Å²) >= 11 is 0. The van der Waals surface area contributed by atoms with E-state index in [2.05, 4.69) is 34.8 Å². The Bertz CT molecular complexity index is 201. The quantitative estimate of drug-likeness (QED) is 0.612. The number of rotatable bonds is 3. The number of aryl methyl sites for hydroxylation is 2. The third-order valence-electron chi connectivity index (χ3n) is 1.59. The van der Waals surface area contributed by atoms with Gasteiger partial charge in [0.05, 0.1) is 13.6 Å². The number of imidazole rings is 1. The number of hydrogen-bond acceptors (Lipinski definition) is 0. The lowest BCUT2D eigenvalue weighted by molar-refractivity contribution is -0.671. The van der Waals surface area contributed by atoms with Crippen LogP contribution in [0, 0.1) is 0 Å². The molecule has 0 saturated carbocycles. The topological polar surface area (TPSA) is 8.81 Å². The molecule has 0 aliphatic carbocycles. The average molecular weight is 381 g/mol. The Hall–Kier alpha value is 0.650. The lowest BCUT2D eigenvalue weighted by Crippen LogP contribution is -3.00. The van der Waals surface area contributed by atoms with Gasteiger partial charge in [0, 0.05) is 0 Å². The Morgan fingerprint density at radius 2 is 1.92 bits per heavy atom. The van der Waals surface area contributed by atoms with Crippen LogP contribution in [0.3, 0.4) is 0 Å². The van der Waals surface area contributed by atoms with E-state index in [-0.39, 0.29) is 50.9 Å². The van der Waals surface area contributed by atoms with Gasteiger partial charge in [-0.15, -0.1) is 34.0 Å². The van der Waals surface area contributed by atoms with Crippen molar-refractivity contribution in [3.63, 3.8) is 0 Å². The fourth-order valence-electron chi connectivity index (χ4n) is 0.975. The van der Waals surface area contributed by atoms with Crippen LogP contribution in [0.1, 0.15) is 19.8 Å². The molecule has 80 valence electrons. The van der Waals surface area contributed by atoms with E-state index in [4.69, 9.17) is 0 Å². The third kappa shape index (κ3) is 7.70. The van der Waals surface area contributed by atoms with Crippen LogP contribution in [0.2, 0.25) is 0 Å². The van der Waals surface area contributed by atoms with Gasteiger partial charge in [-0.25, -0.2) is 9.13 Å². The molecule has 2 nitrogen and oxygen atoms in total. The van der Waals surface area contributed by atoms with Crippen LogP contribution in [0.5, 0.6) is 0 Å². The summed E-state index contributed by atoms with van der Waals surface area (Å²) in [5, 5.41) is 0. The average Bonchev–Trinajstić information content (AvgIpc) is 2.31. The van der Waals surface area contributed by atoms with E-state index in [0.717, 1.165) is 6.54 Å². The van der Waals surface area contributed by atoms with Gasteiger partial charge in [0.25, 0.3) is 0 Å². The van der Waals surface area contributed by atoms with Crippen LogP contribution < -0.4 is 21.5 Å². The Morgan fingerprint density at radius 1 is 1.31 bits per heavy atom. The summed E-state index contributed by atoms with van der Waals surface area (Å²) < 4.78 is 4.28. The van der Waals surface area contributed by atoms with E-state index in [1.807, 2.05) is 7.05 Å². The Morgan fingerprint density at radius 3 is 2.31 bits per heavy atom. The fourth-order valence-corrected chi connectivity index (χ4v) is 0.975. The van der Waals surface area contributed by atoms with Crippen molar-refractivity contribution in [2.75, 3.05) is 0 Å². The van der Waals surface area contributed by atoms with Crippen molar-refractivity contribution in [1.82, 2.24) is 4.57 Å². The van der Waals surface area contributed by atoms with Gasteiger partial charge in [0.1, 0.15) is 12.4 Å². The van der Waals surface area contributed by atoms with Crippen molar-refractivity contribution in [2.24, 2.45) is 7.05 Å². The maximum Gasteiger partial charge on any atom is 0.243 e. The Kier molecular flexibility index (Phi) is 15.9. The summed E-state index contributed by atoms with van der Waals surface area (Å²) in [6, 6.07) is 0. The molecule has 1 aromatic heterocycles. The second-order valence-electron chi connectivity index (χ2n) is 2.67. The molecule has 0 aliphatic rings. The molecule has 0 atom stereocenters. The van der Waals surface area contributed by atoms with E-state index in [0.29, 0.717) is 0 Å². The van der Waals surface area contributed by atoms with Crippen molar-refractivity contribution < 1.29 is 21.5 Å². The number of unbranched alkanes of at least 4 members (excludes halogenated alkanes) is 1. The molecule has 0 N–H and O–H groups in total. The minimum atomic E-state index is 0. The second kappa shape index (κ2) is 10.7. The monoisotopic (exact) mass is 378 g/mol. The first kappa shape index (κ1) is 19.3. The maximum absolute atomic E-state index is 2.21. The minimum absolute atomic E-state index is 0. The molecule has 0 aromatic carbocycles. The van der Waals surface area contributed by atoms with Crippen LogP contribution in [0.25, 0.3) is 0 Å². The zero-order chi connectivity index (χ0) is 7.40. The van der Waals surface area contributed by atoms with Crippen molar-refractivity contribution in [3.8, 4) is 0 Å². The molecule has 0 spiro atoms. The molecule has 1 heterocycles. The summed E-state index contributed by atoms with van der Waals surface area (Å²) in [4.78, 5) is 0. The smallest absolute Gasteiger partial charge is 0.243 e. The van der Waals surface area contributed by atoms with Gasteiger partial charge < -0.3 is 17.0 Å². The SMILES string of the molecule is Br.Br.CCCCn1cc[n+](C)c1.[Br-]. The van der Waals surface area contributed by atoms with Gasteiger partial charge in [0.2, 0.25) is 6.33 Å². The van der Waals surface area contributed by atoms with Crippen molar-refractivity contribution in [2.45, 2.75) is 26.3 Å². The summed E-state index contributed by atoms with van der Waals surface area (Å²) in [5.74, 6) is 0. The van der Waals surface area contributed by atoms with Crippen molar-refractivity contribution in [3.05, 3.63) is 18.7 Å². The second-order valence-corrected chi connectivity index (χ2v) is 2.67. The van der Waals surface area contributed by atoms with Gasteiger partial charge in [0.15, 0.2) is 0 Å². The number of hydrogen-bond donors (Lipinski definition) is 0. The van der Waals surface area contributed by atoms with E-state index in [9.17, 15) is 0 Å². The van der Waals surface area contributed by atoms with Gasteiger partial charge in [-0.3, -0.25) is 0 Å². The summed E-state index contributed by atoms with van der Waals surface area (Å²) in [6.07, 6.45) is 8.82. The molecule has 0 bridgehead atoms. The lowest BCUT2D eigenvalue weighted by Gasteiger charge is -1.90. The molecule has 0 unspecified atom stereocenters. The molecule has 0 radical (unpaired) electrons. The molecule has 5 heteroatoms. The first-order chi connectivity index (χ1) is 4.83. The summed E-state index contributed by atoms with van der Waals surface area (Å²) in [7, 11) is 2.04. The first-order valence-electron chi connectivity index (χ1n) is 3.84. The normalized spacial score (nSPS) is 7.85. The highest BCUT2D eigenvalue weighted by atomic mass is 79.9. The molecule has 0 fully saturated rings. The molecule has 13 heavy (non-hydrogen) atoms. The Balaban J connectivity index is -0.000000333. The zero-order valence-corrected chi connectivity index (χ0v) is 13.0. The molecular formula is C8H17Br3N2. The van der Waals surface area contributed by atoms with E-state index in [1.54, 1.807) is 0 Å². The molecule has 1 aromatic rings. The highest BCUT2D eigenvalue weighted by Gasteiger charge is 1.96. The van der Waals surface area contributed by atoms with Crippen LogP contribution in [0.4, 0.5) is 0 Å². The van der Waals surface area contributed by atoms with Gasteiger partial charge in [-0.1, -0.05) is 13.3 Å². The highest BCUT2D eigenvalue weighted by molar-refractivity contribution is 8.93. The predicted molar refractivity (Wildman–Crippen MR) is 61.2 cm³/mol. The molecular weight excluding hydrogens is 364 g/mol. The van der Waals surface area contributed by atoms with Crippen LogP contribution in [0.15, 0.2) is 18.7 Å². The standard InChI is InChI=1S/C8H15N2.3BrH/c1-3-4-5-10-7-6-9(2)8-10;;;/h6-8H,3-5H2,1-2H3;3*1H/q+1;;;/p-1. The molecule has 0 amide bonds. The maximum atomic E-state index is 2.21. The number of nitrogens with zero attached hydrogens (tertiary/aromatic N) is 2. The largest absolute Gasteiger partial charge is 1.00 e. The third-order valence-corrected chi connectivity index (χ3v) is 1.59. The predicted octanol–water partition coefficient (Wildman–Crippen LogP) is -0.727. The zero-order valence-electron chi connectivity index (χ0n) is 7.94. The fraction of sp³-hybridized carbons (Fsp3) is 0.625. The van der Waals surface area contributed by atoms with Crippen molar-refractivity contribution in [1.29, 1.82) is 0 Å². The van der Waals surface area contributed by atoms with Crippen LogP contribution in [-0.2, 0) is 13.6 Å². The first-order valence-corrected chi connectivity index (χ1v) is 3.84. The van der Waals surface area contributed by atoms with Crippen LogP contribution >= 0.6 is 34.0 Å². The molecule has 1 rings (SSSR count). The van der Waals surface area contributed by atoms with E-state index < -0.39 is 0 Å². The van der Waals surface area contributed by atoms with Gasteiger partial charge >= 0.3 is 0 Å².